The van der Waals surface area contributed by atoms with Gasteiger partial charge in [-0.3, -0.25) is 0 Å². The third-order valence-corrected chi connectivity index (χ3v) is 3.67. The van der Waals surface area contributed by atoms with Gasteiger partial charge in [-0.15, -0.1) is 12.4 Å². The Morgan fingerprint density at radius 2 is 1.95 bits per heavy atom. The molecule has 0 spiro atoms. The van der Waals surface area contributed by atoms with Gasteiger partial charge in [0.15, 0.2) is 0 Å². The Labute approximate surface area is 128 Å². The molecular weight excluding hydrogens is 281 g/mol. The molecule has 0 bridgehead atoms. The van der Waals surface area contributed by atoms with Crippen molar-refractivity contribution in [2.45, 2.75) is 53.0 Å². The summed E-state index contributed by atoms with van der Waals surface area (Å²) < 4.78 is 5.72. The van der Waals surface area contributed by atoms with Crippen molar-refractivity contribution in [2.24, 2.45) is 5.73 Å². The quantitative estimate of drug-likeness (QED) is 0.843. The monoisotopic (exact) mass is 305 g/mol. The predicted octanol–water partition coefficient (Wildman–Crippen LogP) is 4.45. The van der Waals surface area contributed by atoms with Crippen LogP contribution in [0.1, 0.15) is 43.4 Å². The third kappa shape index (κ3) is 4.87. The van der Waals surface area contributed by atoms with Gasteiger partial charge in [0, 0.05) is 6.04 Å². The number of ether oxygens (including phenoxy) is 1. The molecule has 0 fully saturated rings. The Morgan fingerprint density at radius 1 is 1.32 bits per heavy atom. The van der Waals surface area contributed by atoms with E-state index in [1.54, 1.807) is 0 Å². The Morgan fingerprint density at radius 3 is 2.47 bits per heavy atom. The van der Waals surface area contributed by atoms with Crippen LogP contribution in [0.15, 0.2) is 6.07 Å². The molecule has 0 aromatic heterocycles. The second-order valence-electron chi connectivity index (χ2n) is 4.84. The number of hydrogen-bond acceptors (Lipinski definition) is 2. The fourth-order valence-electron chi connectivity index (χ4n) is 1.94. The van der Waals surface area contributed by atoms with Crippen LogP contribution >= 0.6 is 24.0 Å². The smallest absolute Gasteiger partial charge is 0.141 e. The minimum absolute atomic E-state index is 0. The van der Waals surface area contributed by atoms with Gasteiger partial charge in [-0.25, -0.2) is 0 Å². The van der Waals surface area contributed by atoms with Gasteiger partial charge in [-0.1, -0.05) is 31.5 Å². The fraction of sp³-hybridized carbons (Fsp3) is 0.600. The maximum atomic E-state index is 6.40. The van der Waals surface area contributed by atoms with E-state index in [0.717, 1.165) is 41.2 Å². The maximum Gasteiger partial charge on any atom is 0.141 e. The average molecular weight is 306 g/mol. The van der Waals surface area contributed by atoms with Crippen LogP contribution in [0.5, 0.6) is 5.75 Å². The second-order valence-corrected chi connectivity index (χ2v) is 5.22. The number of aryl methyl sites for hydroxylation is 1. The summed E-state index contributed by atoms with van der Waals surface area (Å²) >= 11 is 6.40. The molecule has 0 aliphatic carbocycles. The van der Waals surface area contributed by atoms with Crippen molar-refractivity contribution in [1.82, 2.24) is 0 Å². The van der Waals surface area contributed by atoms with Gasteiger partial charge < -0.3 is 10.5 Å². The van der Waals surface area contributed by atoms with Crippen molar-refractivity contribution < 1.29 is 4.74 Å². The lowest BCUT2D eigenvalue weighted by Gasteiger charge is -2.17. The zero-order valence-corrected chi connectivity index (χ0v) is 13.8. The van der Waals surface area contributed by atoms with Crippen molar-refractivity contribution in [3.63, 3.8) is 0 Å². The first-order valence-electron chi connectivity index (χ1n) is 6.68. The molecule has 0 aliphatic rings. The van der Waals surface area contributed by atoms with Crippen LogP contribution in [-0.2, 0) is 6.42 Å². The van der Waals surface area contributed by atoms with Crippen molar-refractivity contribution in [1.29, 1.82) is 0 Å². The van der Waals surface area contributed by atoms with E-state index in [9.17, 15) is 0 Å². The lowest BCUT2D eigenvalue weighted by Crippen LogP contribution is -2.22. The van der Waals surface area contributed by atoms with E-state index >= 15 is 0 Å². The van der Waals surface area contributed by atoms with E-state index in [-0.39, 0.29) is 18.4 Å². The number of benzene rings is 1. The Balaban J connectivity index is 0.00000324. The number of hydrogen-bond donors (Lipinski definition) is 1. The summed E-state index contributed by atoms with van der Waals surface area (Å²) in [4.78, 5) is 0. The molecule has 2 nitrogen and oxygen atoms in total. The summed E-state index contributed by atoms with van der Waals surface area (Å²) in [5.74, 6) is 0.824. The van der Waals surface area contributed by atoms with E-state index < -0.39 is 0 Å². The lowest BCUT2D eigenvalue weighted by atomic mass is 9.97. The van der Waals surface area contributed by atoms with Crippen LogP contribution in [-0.4, -0.2) is 12.6 Å². The minimum Gasteiger partial charge on any atom is -0.492 e. The van der Waals surface area contributed by atoms with Crippen LogP contribution in [0.3, 0.4) is 0 Å². The Hall–Kier alpha value is -0.440. The zero-order valence-electron chi connectivity index (χ0n) is 12.3. The first-order valence-corrected chi connectivity index (χ1v) is 7.05. The highest BCUT2D eigenvalue weighted by atomic mass is 35.5. The summed E-state index contributed by atoms with van der Waals surface area (Å²) in [5, 5.41) is 0.738. The molecule has 1 atom stereocenters. The van der Waals surface area contributed by atoms with Crippen LogP contribution in [0.4, 0.5) is 0 Å². The van der Waals surface area contributed by atoms with Crippen LogP contribution in [0.2, 0.25) is 5.02 Å². The molecule has 0 heterocycles. The normalized spacial score (nSPS) is 11.9. The van der Waals surface area contributed by atoms with Gasteiger partial charge in [0.25, 0.3) is 0 Å². The number of nitrogens with two attached hydrogens (primary N) is 1. The van der Waals surface area contributed by atoms with Gasteiger partial charge in [-0.05, 0) is 49.8 Å². The lowest BCUT2D eigenvalue weighted by molar-refractivity contribution is 0.315. The molecule has 0 saturated carbocycles. The molecule has 1 aromatic rings. The van der Waals surface area contributed by atoms with Crippen molar-refractivity contribution in [3.05, 3.63) is 27.8 Å². The van der Waals surface area contributed by atoms with Gasteiger partial charge in [0.2, 0.25) is 0 Å². The summed E-state index contributed by atoms with van der Waals surface area (Å²) in [5.41, 5.74) is 9.44. The highest BCUT2D eigenvalue weighted by Gasteiger charge is 2.14. The van der Waals surface area contributed by atoms with E-state index in [0.29, 0.717) is 6.61 Å². The SMILES string of the molecule is CCCOc1c(C)cc(CC(N)CC)c(C)c1Cl.Cl. The van der Waals surface area contributed by atoms with Crippen LogP contribution in [0, 0.1) is 13.8 Å². The Kier molecular flexibility index (Phi) is 8.47. The van der Waals surface area contributed by atoms with Gasteiger partial charge in [-0.2, -0.15) is 0 Å². The summed E-state index contributed by atoms with van der Waals surface area (Å²) in [6.07, 6.45) is 2.83. The van der Waals surface area contributed by atoms with Gasteiger partial charge >= 0.3 is 0 Å². The predicted molar refractivity (Wildman–Crippen MR) is 85.9 cm³/mol. The summed E-state index contributed by atoms with van der Waals surface area (Å²) in [6, 6.07) is 2.35. The highest BCUT2D eigenvalue weighted by molar-refractivity contribution is 6.33. The van der Waals surface area contributed by atoms with E-state index in [2.05, 4.69) is 19.9 Å². The second kappa shape index (κ2) is 8.68. The first kappa shape index (κ1) is 18.6. The summed E-state index contributed by atoms with van der Waals surface area (Å²) in [7, 11) is 0. The molecule has 0 saturated heterocycles. The fourth-order valence-corrected chi connectivity index (χ4v) is 2.26. The number of rotatable bonds is 6. The van der Waals surface area contributed by atoms with Gasteiger partial charge in [0.05, 0.1) is 11.6 Å². The molecule has 19 heavy (non-hydrogen) atoms. The van der Waals surface area contributed by atoms with Crippen molar-refractivity contribution in [3.8, 4) is 5.75 Å². The first-order chi connectivity index (χ1) is 8.51. The van der Waals surface area contributed by atoms with E-state index in [1.807, 2.05) is 13.8 Å². The molecule has 1 aromatic carbocycles. The van der Waals surface area contributed by atoms with Crippen LogP contribution < -0.4 is 10.5 Å². The molecule has 0 aliphatic heterocycles. The maximum absolute atomic E-state index is 6.40. The molecule has 0 amide bonds. The molecular formula is C15H25Cl2NO. The van der Waals surface area contributed by atoms with E-state index in [1.165, 1.54) is 5.56 Å². The average Bonchev–Trinajstić information content (AvgIpc) is 2.35. The molecule has 0 radical (unpaired) electrons. The molecule has 1 rings (SSSR count). The van der Waals surface area contributed by atoms with Gasteiger partial charge in [0.1, 0.15) is 5.75 Å². The number of halogens is 2. The standard InChI is InChI=1S/C15H24ClNO.ClH/c1-5-7-18-15-10(3)8-12(9-13(17)6-2)11(4)14(15)16;/h8,13H,5-7,9,17H2,1-4H3;1H. The van der Waals surface area contributed by atoms with E-state index in [4.69, 9.17) is 22.1 Å². The molecule has 110 valence electrons. The van der Waals surface area contributed by atoms with Crippen molar-refractivity contribution in [2.75, 3.05) is 6.61 Å². The summed E-state index contributed by atoms with van der Waals surface area (Å²) in [6.45, 7) is 8.97. The van der Waals surface area contributed by atoms with Crippen molar-refractivity contribution >= 4 is 24.0 Å². The third-order valence-electron chi connectivity index (χ3n) is 3.22. The topological polar surface area (TPSA) is 35.2 Å². The zero-order chi connectivity index (χ0) is 13.7. The van der Waals surface area contributed by atoms with Crippen LogP contribution in [0.25, 0.3) is 0 Å². The largest absolute Gasteiger partial charge is 0.492 e. The minimum atomic E-state index is 0. The molecule has 4 heteroatoms. The molecule has 2 N–H and O–H groups in total. The highest BCUT2D eigenvalue weighted by Crippen LogP contribution is 2.34. The molecule has 1 unspecified atom stereocenters. The Bertz CT molecular complexity index is 408.